The molecule has 188 valence electrons. The number of hydrogen-bond acceptors (Lipinski definition) is 4. The van der Waals surface area contributed by atoms with Crippen molar-refractivity contribution in [1.29, 1.82) is 0 Å². The summed E-state index contributed by atoms with van der Waals surface area (Å²) in [4.78, 5) is 25.0. The molecule has 1 unspecified atom stereocenters. The van der Waals surface area contributed by atoms with E-state index in [4.69, 9.17) is 33.7 Å². The van der Waals surface area contributed by atoms with Gasteiger partial charge in [-0.25, -0.2) is 4.39 Å². The van der Waals surface area contributed by atoms with E-state index in [1.54, 1.807) is 19.1 Å². The molecule has 0 heterocycles. The van der Waals surface area contributed by atoms with Crippen molar-refractivity contribution in [3.05, 3.63) is 89.3 Å². The molecule has 0 aliphatic heterocycles. The topological polar surface area (TPSA) is 69.4 Å². The molecule has 2 N–H and O–H groups in total. The zero-order valence-electron chi connectivity index (χ0n) is 19.9. The summed E-state index contributed by atoms with van der Waals surface area (Å²) in [5, 5.41) is 0. The molecule has 0 aromatic heterocycles. The van der Waals surface area contributed by atoms with Crippen LogP contribution in [0.2, 0.25) is 0 Å². The molecule has 0 fully saturated rings. The number of esters is 1. The third-order valence-electron chi connectivity index (χ3n) is 5.46. The zero-order valence-corrected chi connectivity index (χ0v) is 21.4. The lowest BCUT2D eigenvalue weighted by atomic mass is 9.96. The molecule has 2 atom stereocenters. The number of rotatable bonds is 14. The van der Waals surface area contributed by atoms with Crippen molar-refractivity contribution in [2.24, 2.45) is 11.7 Å². The first-order valence-electron chi connectivity index (χ1n) is 11.7. The van der Waals surface area contributed by atoms with E-state index >= 15 is 0 Å². The van der Waals surface area contributed by atoms with Crippen LogP contribution >= 0.6 is 23.2 Å². The van der Waals surface area contributed by atoms with Crippen LogP contribution in [0.25, 0.3) is 5.57 Å². The predicted molar refractivity (Wildman–Crippen MR) is 141 cm³/mol. The van der Waals surface area contributed by atoms with Gasteiger partial charge in [-0.15, -0.1) is 23.2 Å². The molecule has 2 aromatic carbocycles. The number of carbonyl (C=O) groups excluding carboxylic acids is 2. The van der Waals surface area contributed by atoms with Crippen molar-refractivity contribution in [3.63, 3.8) is 0 Å². The molecular weight excluding hydrogens is 488 g/mol. The van der Waals surface area contributed by atoms with Crippen LogP contribution in [0.4, 0.5) is 4.39 Å². The second kappa shape index (κ2) is 15.5. The summed E-state index contributed by atoms with van der Waals surface area (Å²) >= 11 is 11.7. The smallest absolute Gasteiger partial charge is 0.313 e. The molecular formula is C28H32Cl2FNO3. The minimum atomic E-state index is -0.750. The summed E-state index contributed by atoms with van der Waals surface area (Å²) in [6.07, 6.45) is 7.14. The van der Waals surface area contributed by atoms with Crippen LogP contribution in [0.15, 0.2) is 66.8 Å². The van der Waals surface area contributed by atoms with Crippen molar-refractivity contribution < 1.29 is 18.7 Å². The monoisotopic (exact) mass is 519 g/mol. The summed E-state index contributed by atoms with van der Waals surface area (Å²) in [6.45, 7) is 1.94. The SMILES string of the molecule is CCOC(=O)C(/C=C/C(=O)[C@@H](N)Cc1ccc(/C(=C/CCCl)CCCl)cc1)Cc1ccc(F)cc1. The van der Waals surface area contributed by atoms with Gasteiger partial charge in [0, 0.05) is 11.8 Å². The van der Waals surface area contributed by atoms with Crippen molar-refractivity contribution >= 4 is 40.5 Å². The van der Waals surface area contributed by atoms with E-state index in [0.29, 0.717) is 24.6 Å². The van der Waals surface area contributed by atoms with Gasteiger partial charge < -0.3 is 10.5 Å². The largest absolute Gasteiger partial charge is 0.466 e. The number of alkyl halides is 2. The van der Waals surface area contributed by atoms with Crippen LogP contribution in [0.3, 0.4) is 0 Å². The van der Waals surface area contributed by atoms with E-state index in [1.165, 1.54) is 24.3 Å². The summed E-state index contributed by atoms with van der Waals surface area (Å²) < 4.78 is 18.3. The van der Waals surface area contributed by atoms with E-state index in [9.17, 15) is 14.0 Å². The summed E-state index contributed by atoms with van der Waals surface area (Å²) in [5.74, 6) is -0.679. The Kier molecular flexibility index (Phi) is 12.7. The van der Waals surface area contributed by atoms with Gasteiger partial charge in [-0.1, -0.05) is 48.6 Å². The lowest BCUT2D eigenvalue weighted by Gasteiger charge is -2.13. The van der Waals surface area contributed by atoms with E-state index in [0.717, 1.165) is 35.1 Å². The molecule has 0 aliphatic rings. The number of benzene rings is 2. The molecule has 0 spiro atoms. The number of halogens is 3. The molecule has 2 rings (SSSR count). The van der Waals surface area contributed by atoms with Crippen LogP contribution in [-0.4, -0.2) is 36.2 Å². The minimum Gasteiger partial charge on any atom is -0.466 e. The van der Waals surface area contributed by atoms with Gasteiger partial charge in [0.2, 0.25) is 0 Å². The molecule has 0 amide bonds. The summed E-state index contributed by atoms with van der Waals surface area (Å²) in [5.41, 5.74) is 10.0. The first kappa shape index (κ1) is 28.8. The fourth-order valence-corrected chi connectivity index (χ4v) is 3.91. The Hall–Kier alpha value is -2.47. The molecule has 0 saturated carbocycles. The Morgan fingerprint density at radius 2 is 1.63 bits per heavy atom. The van der Waals surface area contributed by atoms with Gasteiger partial charge in [0.15, 0.2) is 5.78 Å². The molecule has 35 heavy (non-hydrogen) atoms. The summed E-state index contributed by atoms with van der Waals surface area (Å²) in [7, 11) is 0. The predicted octanol–water partition coefficient (Wildman–Crippen LogP) is 5.88. The Bertz CT molecular complexity index is 1000. The molecule has 2 aromatic rings. The normalized spacial score (nSPS) is 13.6. The fraction of sp³-hybridized carbons (Fsp3) is 0.357. The van der Waals surface area contributed by atoms with Gasteiger partial charge in [0.1, 0.15) is 5.82 Å². The highest BCUT2D eigenvalue weighted by Crippen LogP contribution is 2.21. The second-order valence-electron chi connectivity index (χ2n) is 8.10. The number of ether oxygens (including phenoxy) is 1. The first-order chi connectivity index (χ1) is 16.9. The van der Waals surface area contributed by atoms with Crippen molar-refractivity contribution in [3.8, 4) is 0 Å². The van der Waals surface area contributed by atoms with Gasteiger partial charge in [-0.2, -0.15) is 0 Å². The lowest BCUT2D eigenvalue weighted by molar-refractivity contribution is -0.146. The number of carbonyl (C=O) groups is 2. The molecule has 0 radical (unpaired) electrons. The zero-order chi connectivity index (χ0) is 25.6. The Morgan fingerprint density at radius 3 is 2.23 bits per heavy atom. The van der Waals surface area contributed by atoms with Crippen molar-refractivity contribution in [2.75, 3.05) is 18.4 Å². The number of hydrogen-bond donors (Lipinski definition) is 1. The molecule has 0 saturated heterocycles. The second-order valence-corrected chi connectivity index (χ2v) is 8.86. The third-order valence-corrected chi connectivity index (χ3v) is 5.87. The number of ketones is 1. The van der Waals surface area contributed by atoms with Crippen molar-refractivity contribution in [2.45, 2.75) is 38.6 Å². The van der Waals surface area contributed by atoms with Crippen molar-refractivity contribution in [1.82, 2.24) is 0 Å². The van der Waals surface area contributed by atoms with Gasteiger partial charge in [0.05, 0.1) is 18.6 Å². The highest BCUT2D eigenvalue weighted by atomic mass is 35.5. The van der Waals surface area contributed by atoms with Gasteiger partial charge in [-0.3, -0.25) is 9.59 Å². The third kappa shape index (κ3) is 9.96. The lowest BCUT2D eigenvalue weighted by Crippen LogP contribution is -2.31. The average Bonchev–Trinajstić information content (AvgIpc) is 2.86. The maximum Gasteiger partial charge on any atom is 0.313 e. The maximum absolute atomic E-state index is 13.2. The van der Waals surface area contributed by atoms with E-state index in [-0.39, 0.29) is 18.2 Å². The number of nitrogens with two attached hydrogens (primary N) is 1. The standard InChI is InChI=1S/C28H32Cl2FNO3/c1-2-35-28(34)24(18-20-7-12-25(31)13-8-20)11-14-27(33)26(32)19-21-5-9-23(10-6-21)22(15-17-30)4-3-16-29/h4-14,24,26H,2-3,15-19,32H2,1H3/b14-11+,22-4+/t24?,26-/m0/s1. The van der Waals surface area contributed by atoms with Crippen LogP contribution < -0.4 is 5.73 Å². The van der Waals surface area contributed by atoms with Crippen LogP contribution in [0.1, 0.15) is 36.5 Å². The Morgan fingerprint density at radius 1 is 1.00 bits per heavy atom. The maximum atomic E-state index is 13.2. The van der Waals surface area contributed by atoms with Crippen LogP contribution in [0.5, 0.6) is 0 Å². The quantitative estimate of drug-likeness (QED) is 0.192. The molecule has 4 nitrogen and oxygen atoms in total. The van der Waals surface area contributed by atoms with Gasteiger partial charge in [-0.05, 0) is 73.1 Å². The fourth-order valence-electron chi connectivity index (χ4n) is 3.59. The highest BCUT2D eigenvalue weighted by molar-refractivity contribution is 6.18. The van der Waals surface area contributed by atoms with Crippen LogP contribution in [0, 0.1) is 11.7 Å². The molecule has 0 bridgehead atoms. The summed E-state index contributed by atoms with van der Waals surface area (Å²) in [6, 6.07) is 13.0. The van der Waals surface area contributed by atoms with Crippen LogP contribution in [-0.2, 0) is 27.2 Å². The van der Waals surface area contributed by atoms with E-state index in [2.05, 4.69) is 6.08 Å². The minimum absolute atomic E-state index is 0.226. The Labute approximate surface area is 216 Å². The van der Waals surface area contributed by atoms with E-state index in [1.807, 2.05) is 24.3 Å². The average molecular weight is 520 g/mol. The Balaban J connectivity index is 2.04. The molecule has 0 aliphatic carbocycles. The first-order valence-corrected chi connectivity index (χ1v) is 12.7. The van der Waals surface area contributed by atoms with E-state index < -0.39 is 17.9 Å². The van der Waals surface area contributed by atoms with Gasteiger partial charge in [0.25, 0.3) is 0 Å². The number of allylic oxidation sites excluding steroid dienone is 2. The highest BCUT2D eigenvalue weighted by Gasteiger charge is 2.19. The van der Waals surface area contributed by atoms with Gasteiger partial charge >= 0.3 is 5.97 Å². The molecule has 7 heteroatoms.